The maximum Gasteiger partial charge on any atom is 0.0108 e. The topological polar surface area (TPSA) is 26.0 Å². The van der Waals surface area contributed by atoms with Crippen molar-refractivity contribution < 1.29 is 0 Å². The number of fused-ring (bicyclic) bond motifs is 1. The van der Waals surface area contributed by atoms with Crippen LogP contribution >= 0.6 is 11.3 Å². The van der Waals surface area contributed by atoms with Gasteiger partial charge in [-0.3, -0.25) is 0 Å². The van der Waals surface area contributed by atoms with E-state index in [1.165, 1.54) is 24.1 Å². The monoisotopic (exact) mass is 209 g/mol. The third-order valence-corrected chi connectivity index (χ3v) is 4.79. The van der Waals surface area contributed by atoms with Gasteiger partial charge in [0.2, 0.25) is 0 Å². The van der Waals surface area contributed by atoms with Crippen LogP contribution in [0.1, 0.15) is 42.0 Å². The Morgan fingerprint density at radius 3 is 2.86 bits per heavy atom. The van der Waals surface area contributed by atoms with Crippen molar-refractivity contribution >= 4 is 11.3 Å². The molecule has 1 nitrogen and oxygen atoms in total. The van der Waals surface area contributed by atoms with Gasteiger partial charge >= 0.3 is 0 Å². The fourth-order valence-electron chi connectivity index (χ4n) is 2.15. The summed E-state index contributed by atoms with van der Waals surface area (Å²) >= 11 is 2.01. The molecule has 2 heteroatoms. The lowest BCUT2D eigenvalue weighted by Gasteiger charge is -2.22. The van der Waals surface area contributed by atoms with E-state index in [1.54, 1.807) is 10.4 Å². The van der Waals surface area contributed by atoms with E-state index in [0.29, 0.717) is 0 Å². The van der Waals surface area contributed by atoms with Crippen LogP contribution < -0.4 is 5.73 Å². The third kappa shape index (κ3) is 1.73. The molecule has 1 aliphatic rings. The Balaban J connectivity index is 2.24. The van der Waals surface area contributed by atoms with Crippen LogP contribution in [-0.4, -0.2) is 6.54 Å². The first-order valence-electron chi connectivity index (χ1n) is 5.45. The summed E-state index contributed by atoms with van der Waals surface area (Å²) in [5.41, 5.74) is 7.54. The summed E-state index contributed by atoms with van der Waals surface area (Å²) in [6, 6.07) is 2.42. The summed E-state index contributed by atoms with van der Waals surface area (Å²) in [6.45, 7) is 5.40. The third-order valence-electron chi connectivity index (χ3n) is 3.18. The van der Waals surface area contributed by atoms with Crippen molar-refractivity contribution in [1.82, 2.24) is 0 Å². The molecule has 1 aromatic rings. The molecule has 0 saturated heterocycles. The number of rotatable bonds is 3. The van der Waals surface area contributed by atoms with Crippen molar-refractivity contribution in [3.63, 3.8) is 0 Å². The fourth-order valence-corrected chi connectivity index (χ4v) is 3.53. The Morgan fingerprint density at radius 2 is 2.21 bits per heavy atom. The second-order valence-corrected chi connectivity index (χ2v) is 5.97. The van der Waals surface area contributed by atoms with Gasteiger partial charge in [0.05, 0.1) is 0 Å². The number of nitrogens with two attached hydrogens (primary N) is 1. The molecule has 0 atom stereocenters. The van der Waals surface area contributed by atoms with Crippen LogP contribution in [0.15, 0.2) is 6.07 Å². The molecule has 0 unspecified atom stereocenters. The van der Waals surface area contributed by atoms with Gasteiger partial charge in [-0.1, -0.05) is 13.8 Å². The van der Waals surface area contributed by atoms with Gasteiger partial charge in [0.15, 0.2) is 0 Å². The van der Waals surface area contributed by atoms with Crippen LogP contribution in [0, 0.1) is 0 Å². The molecular weight excluding hydrogens is 190 g/mol. The van der Waals surface area contributed by atoms with Crippen LogP contribution in [0.2, 0.25) is 0 Å². The van der Waals surface area contributed by atoms with Gasteiger partial charge in [-0.05, 0) is 43.9 Å². The van der Waals surface area contributed by atoms with Gasteiger partial charge in [0, 0.05) is 15.2 Å². The quantitative estimate of drug-likeness (QED) is 0.814. The lowest BCUT2D eigenvalue weighted by atomic mass is 9.87. The molecule has 0 saturated carbocycles. The van der Waals surface area contributed by atoms with E-state index >= 15 is 0 Å². The number of hydrogen-bond acceptors (Lipinski definition) is 2. The summed E-state index contributed by atoms with van der Waals surface area (Å²) in [6.07, 6.45) is 5.05. The average molecular weight is 209 g/mol. The van der Waals surface area contributed by atoms with Crippen LogP contribution in [0.4, 0.5) is 0 Å². The molecule has 2 N–H and O–H groups in total. The second-order valence-electron chi connectivity index (χ2n) is 4.84. The molecule has 1 aliphatic carbocycles. The molecular formula is C12H19NS. The van der Waals surface area contributed by atoms with E-state index in [-0.39, 0.29) is 5.41 Å². The first kappa shape index (κ1) is 10.2. The van der Waals surface area contributed by atoms with E-state index in [4.69, 9.17) is 5.73 Å². The zero-order valence-corrected chi connectivity index (χ0v) is 9.91. The zero-order valence-electron chi connectivity index (χ0n) is 9.10. The molecule has 0 fully saturated rings. The molecule has 0 amide bonds. The maximum atomic E-state index is 5.65. The number of aryl methyl sites for hydroxylation is 2. The molecule has 78 valence electrons. The largest absolute Gasteiger partial charge is 0.330 e. The van der Waals surface area contributed by atoms with Crippen molar-refractivity contribution in [1.29, 1.82) is 0 Å². The molecule has 1 aromatic heterocycles. The van der Waals surface area contributed by atoms with E-state index in [2.05, 4.69) is 19.9 Å². The van der Waals surface area contributed by atoms with E-state index in [9.17, 15) is 0 Å². The smallest absolute Gasteiger partial charge is 0.0108 e. The van der Waals surface area contributed by atoms with Gasteiger partial charge in [-0.2, -0.15) is 0 Å². The fraction of sp³-hybridized carbons (Fsp3) is 0.667. The predicted molar refractivity (Wildman–Crippen MR) is 63.0 cm³/mol. The Hall–Kier alpha value is -0.340. The Morgan fingerprint density at radius 1 is 1.43 bits per heavy atom. The van der Waals surface area contributed by atoms with Crippen molar-refractivity contribution in [2.45, 2.75) is 44.9 Å². The first-order chi connectivity index (χ1) is 6.63. The molecule has 1 heterocycles. The molecule has 0 aliphatic heterocycles. The van der Waals surface area contributed by atoms with Crippen molar-refractivity contribution in [2.24, 2.45) is 5.73 Å². The molecule has 0 spiro atoms. The van der Waals surface area contributed by atoms with Crippen molar-refractivity contribution in [3.05, 3.63) is 21.4 Å². The lowest BCUT2D eigenvalue weighted by Crippen LogP contribution is -2.20. The highest BCUT2D eigenvalue weighted by atomic mass is 32.1. The molecule has 0 bridgehead atoms. The van der Waals surface area contributed by atoms with Crippen LogP contribution in [0.3, 0.4) is 0 Å². The minimum atomic E-state index is 0.282. The minimum absolute atomic E-state index is 0.282. The standard InChI is InChI=1S/C12H19NS/c1-12(2,6-7-13)11-8-9-4-3-5-10(9)14-11/h8H,3-7,13H2,1-2H3. The number of thiophene rings is 1. The summed E-state index contributed by atoms with van der Waals surface area (Å²) in [7, 11) is 0. The predicted octanol–water partition coefficient (Wildman–Crippen LogP) is 2.86. The SMILES string of the molecule is CC(C)(CCN)c1cc2c(s1)CCC2. The van der Waals surface area contributed by atoms with Gasteiger partial charge < -0.3 is 5.73 Å². The van der Waals surface area contributed by atoms with Crippen molar-refractivity contribution in [3.8, 4) is 0 Å². The maximum absolute atomic E-state index is 5.65. The van der Waals surface area contributed by atoms with E-state index < -0.39 is 0 Å². The normalized spacial score (nSPS) is 15.9. The zero-order chi connectivity index (χ0) is 10.2. The summed E-state index contributed by atoms with van der Waals surface area (Å²) in [4.78, 5) is 3.16. The number of hydrogen-bond donors (Lipinski definition) is 1. The summed E-state index contributed by atoms with van der Waals surface area (Å²) in [5.74, 6) is 0. The van der Waals surface area contributed by atoms with Gasteiger partial charge in [0.1, 0.15) is 0 Å². The summed E-state index contributed by atoms with van der Waals surface area (Å²) < 4.78 is 0. The van der Waals surface area contributed by atoms with Gasteiger partial charge in [0.25, 0.3) is 0 Å². The van der Waals surface area contributed by atoms with Crippen LogP contribution in [0.25, 0.3) is 0 Å². The summed E-state index contributed by atoms with van der Waals surface area (Å²) in [5, 5.41) is 0. The second kappa shape index (κ2) is 3.67. The van der Waals surface area contributed by atoms with Gasteiger partial charge in [-0.15, -0.1) is 11.3 Å². The van der Waals surface area contributed by atoms with E-state index in [0.717, 1.165) is 13.0 Å². The Labute approximate surface area is 90.3 Å². The Kier molecular flexibility index (Phi) is 2.67. The first-order valence-corrected chi connectivity index (χ1v) is 6.27. The van der Waals surface area contributed by atoms with Crippen LogP contribution in [0.5, 0.6) is 0 Å². The molecule has 2 rings (SSSR count). The molecule has 0 aromatic carbocycles. The highest BCUT2D eigenvalue weighted by Gasteiger charge is 2.25. The minimum Gasteiger partial charge on any atom is -0.330 e. The van der Waals surface area contributed by atoms with Crippen molar-refractivity contribution in [2.75, 3.05) is 6.54 Å². The highest BCUT2D eigenvalue weighted by Crippen LogP contribution is 2.38. The van der Waals surface area contributed by atoms with E-state index in [1.807, 2.05) is 11.3 Å². The Bertz CT molecular complexity index is 304. The molecule has 0 radical (unpaired) electrons. The average Bonchev–Trinajstić information content (AvgIpc) is 2.60. The van der Waals surface area contributed by atoms with Crippen LogP contribution in [-0.2, 0) is 18.3 Å². The van der Waals surface area contributed by atoms with Gasteiger partial charge in [-0.25, -0.2) is 0 Å². The molecule has 14 heavy (non-hydrogen) atoms. The lowest BCUT2D eigenvalue weighted by molar-refractivity contribution is 0.497. The highest BCUT2D eigenvalue weighted by molar-refractivity contribution is 7.12.